The van der Waals surface area contributed by atoms with Crippen LogP contribution in [0.25, 0.3) is 0 Å². The molecule has 0 saturated carbocycles. The van der Waals surface area contributed by atoms with Crippen molar-refractivity contribution in [3.05, 3.63) is 33.8 Å². The topological polar surface area (TPSA) is 38.7 Å². The van der Waals surface area contributed by atoms with Crippen LogP contribution in [0.2, 0.25) is 10.0 Å². The monoisotopic (exact) mass is 352 g/mol. The number of rotatable bonds is 10. The number of halogens is 3. The van der Waals surface area contributed by atoms with Crippen LogP contribution < -0.4 is 9.47 Å². The van der Waals surface area contributed by atoms with Crippen LogP contribution in [0, 0.1) is 0 Å². The molecular formula is C15H19Cl3O3. The molecule has 0 radical (unpaired) electrons. The average molecular weight is 354 g/mol. The van der Waals surface area contributed by atoms with Gasteiger partial charge in [0, 0.05) is 24.3 Å². The molecule has 0 amide bonds. The maximum Gasteiger partial charge on any atom is 0.156 e. The van der Waals surface area contributed by atoms with Crippen molar-refractivity contribution in [2.75, 3.05) is 19.8 Å². The number of ether oxygens (including phenoxy) is 2. The lowest BCUT2D eigenvalue weighted by atomic mass is 10.2. The highest BCUT2D eigenvalue weighted by Gasteiger charge is 2.10. The second-order valence-electron chi connectivity index (χ2n) is 4.38. The van der Waals surface area contributed by atoms with Gasteiger partial charge in [-0.15, -0.1) is 0 Å². The predicted molar refractivity (Wildman–Crippen MR) is 88.0 cm³/mol. The van der Waals surface area contributed by atoms with E-state index in [9.17, 15) is 0 Å². The Balaban J connectivity index is 2.47. The Morgan fingerprint density at radius 3 is 2.29 bits per heavy atom. The summed E-state index contributed by atoms with van der Waals surface area (Å²) in [7, 11) is 0. The smallest absolute Gasteiger partial charge is 0.156 e. The van der Waals surface area contributed by atoms with E-state index in [1.807, 2.05) is 0 Å². The van der Waals surface area contributed by atoms with Gasteiger partial charge in [0.15, 0.2) is 5.75 Å². The number of hydrogen-bond acceptors (Lipinski definition) is 3. The third-order valence-electron chi connectivity index (χ3n) is 2.71. The molecular weight excluding hydrogens is 335 g/mol. The molecule has 3 nitrogen and oxygen atoms in total. The molecule has 1 rings (SSSR count). The van der Waals surface area contributed by atoms with Gasteiger partial charge >= 0.3 is 0 Å². The summed E-state index contributed by atoms with van der Waals surface area (Å²) in [6, 6.07) is 3.33. The Labute approximate surface area is 140 Å². The minimum Gasteiger partial charge on any atom is -0.490 e. The van der Waals surface area contributed by atoms with Crippen LogP contribution in [-0.2, 0) is 0 Å². The van der Waals surface area contributed by atoms with E-state index in [2.05, 4.69) is 0 Å². The molecule has 0 aliphatic heterocycles. The minimum atomic E-state index is 0.235. The van der Waals surface area contributed by atoms with Crippen molar-refractivity contribution in [3.63, 3.8) is 0 Å². The molecule has 6 heteroatoms. The summed E-state index contributed by atoms with van der Waals surface area (Å²) in [6.45, 7) is 1.13. The zero-order valence-electron chi connectivity index (χ0n) is 11.7. The number of benzene rings is 1. The lowest BCUT2D eigenvalue weighted by Crippen LogP contribution is -2.00. The van der Waals surface area contributed by atoms with Crippen LogP contribution >= 0.6 is 34.8 Å². The first-order valence-electron chi connectivity index (χ1n) is 6.79. The average Bonchev–Trinajstić information content (AvgIpc) is 2.45. The van der Waals surface area contributed by atoms with Gasteiger partial charge in [0.25, 0.3) is 0 Å². The third-order valence-corrected chi connectivity index (χ3v) is 3.45. The summed E-state index contributed by atoms with van der Waals surface area (Å²) in [4.78, 5) is 0. The molecule has 0 fully saturated rings. The summed E-state index contributed by atoms with van der Waals surface area (Å²) >= 11 is 17.7. The largest absolute Gasteiger partial charge is 0.490 e. The zero-order valence-corrected chi connectivity index (χ0v) is 13.9. The fourth-order valence-electron chi connectivity index (χ4n) is 1.68. The lowest BCUT2D eigenvalue weighted by Gasteiger charge is -2.12. The number of unbranched alkanes of at least 4 members (excludes halogenated alkanes) is 3. The molecule has 21 heavy (non-hydrogen) atoms. The van der Waals surface area contributed by atoms with Crippen molar-refractivity contribution < 1.29 is 14.6 Å². The van der Waals surface area contributed by atoms with Crippen molar-refractivity contribution in [2.45, 2.75) is 25.7 Å². The van der Waals surface area contributed by atoms with Crippen LogP contribution in [0.1, 0.15) is 25.7 Å². The van der Waals surface area contributed by atoms with Gasteiger partial charge in [-0.05, 0) is 25.3 Å². The van der Waals surface area contributed by atoms with Crippen LogP contribution in [0.5, 0.6) is 11.5 Å². The molecule has 0 aromatic heterocycles. The molecule has 1 aromatic carbocycles. The van der Waals surface area contributed by atoms with Gasteiger partial charge in [-0.3, -0.25) is 0 Å². The van der Waals surface area contributed by atoms with E-state index in [4.69, 9.17) is 49.4 Å². The summed E-state index contributed by atoms with van der Waals surface area (Å²) in [5.74, 6) is 1.04. The normalized spacial score (nSPS) is 11.0. The quantitative estimate of drug-likeness (QED) is 0.598. The molecule has 1 aromatic rings. The molecule has 0 aliphatic rings. The summed E-state index contributed by atoms with van der Waals surface area (Å²) < 4.78 is 11.0. The van der Waals surface area contributed by atoms with E-state index in [0.717, 1.165) is 25.7 Å². The molecule has 0 aliphatic carbocycles. The van der Waals surface area contributed by atoms with Gasteiger partial charge in [0.1, 0.15) is 12.4 Å². The number of hydrogen-bond donors (Lipinski definition) is 1. The fraction of sp³-hybridized carbons (Fsp3) is 0.467. The molecule has 0 heterocycles. The van der Waals surface area contributed by atoms with Crippen molar-refractivity contribution in [1.29, 1.82) is 0 Å². The van der Waals surface area contributed by atoms with Gasteiger partial charge in [0.05, 0.1) is 16.7 Å². The van der Waals surface area contributed by atoms with Gasteiger partial charge in [-0.1, -0.05) is 41.2 Å². The first-order valence-corrected chi connectivity index (χ1v) is 7.99. The Hall–Kier alpha value is -0.610. The second-order valence-corrected chi connectivity index (χ2v) is 5.44. The van der Waals surface area contributed by atoms with Crippen molar-refractivity contribution in [1.82, 2.24) is 0 Å². The molecule has 0 unspecified atom stereocenters. The second kappa shape index (κ2) is 11.0. The lowest BCUT2D eigenvalue weighted by molar-refractivity contribution is 0.273. The molecule has 0 spiro atoms. The van der Waals surface area contributed by atoms with Crippen LogP contribution in [0.4, 0.5) is 0 Å². The van der Waals surface area contributed by atoms with Crippen molar-refractivity contribution >= 4 is 34.8 Å². The van der Waals surface area contributed by atoms with E-state index >= 15 is 0 Å². The van der Waals surface area contributed by atoms with E-state index in [0.29, 0.717) is 34.8 Å². The highest BCUT2D eigenvalue weighted by atomic mass is 35.5. The Morgan fingerprint density at radius 2 is 1.67 bits per heavy atom. The highest BCUT2D eigenvalue weighted by Crippen LogP contribution is 2.37. The summed E-state index contributed by atoms with van der Waals surface area (Å²) in [6.07, 6.45) is 5.37. The summed E-state index contributed by atoms with van der Waals surface area (Å²) in [5.41, 5.74) is 1.39. The van der Waals surface area contributed by atoms with E-state index in [1.54, 1.807) is 18.2 Å². The minimum absolute atomic E-state index is 0.235. The molecule has 1 N–H and O–H groups in total. The van der Waals surface area contributed by atoms with E-state index in [-0.39, 0.29) is 6.61 Å². The Kier molecular flexibility index (Phi) is 9.68. The van der Waals surface area contributed by atoms with Crippen LogP contribution in [-0.4, -0.2) is 24.9 Å². The molecule has 0 atom stereocenters. The molecule has 0 bridgehead atoms. The zero-order chi connectivity index (χ0) is 15.5. The first kappa shape index (κ1) is 18.4. The van der Waals surface area contributed by atoms with Crippen molar-refractivity contribution in [2.24, 2.45) is 0 Å². The Morgan fingerprint density at radius 1 is 1.00 bits per heavy atom. The van der Waals surface area contributed by atoms with Gasteiger partial charge in [-0.2, -0.15) is 0 Å². The predicted octanol–water partition coefficient (Wildman–Crippen LogP) is 5.06. The van der Waals surface area contributed by atoms with Gasteiger partial charge in [0.2, 0.25) is 0 Å². The first-order chi connectivity index (χ1) is 10.2. The van der Waals surface area contributed by atoms with Crippen LogP contribution in [0.15, 0.2) is 23.7 Å². The van der Waals surface area contributed by atoms with Gasteiger partial charge < -0.3 is 14.6 Å². The Bertz CT molecular complexity index is 427. The summed E-state index contributed by atoms with van der Waals surface area (Å²) in [5, 5.41) is 9.53. The molecule has 118 valence electrons. The standard InChI is InChI=1S/C15H19Cl3O3/c16-6-5-9-20-12-10-13(17)15(14(18)11-12)21-8-4-2-1-3-7-19/h5-6,10-11,19H,1-4,7-9H2/b6-5+. The maximum absolute atomic E-state index is 8.69. The SMILES string of the molecule is OCCCCCCOc1c(Cl)cc(OC/C=C/Cl)cc1Cl. The van der Waals surface area contributed by atoms with E-state index in [1.165, 1.54) is 5.54 Å². The highest BCUT2D eigenvalue weighted by molar-refractivity contribution is 6.37. The fourth-order valence-corrected chi connectivity index (χ4v) is 2.33. The van der Waals surface area contributed by atoms with E-state index < -0.39 is 0 Å². The maximum atomic E-state index is 8.69. The van der Waals surface area contributed by atoms with Crippen molar-refractivity contribution in [3.8, 4) is 11.5 Å². The number of aliphatic hydroxyl groups is 1. The third kappa shape index (κ3) is 7.28. The van der Waals surface area contributed by atoms with Crippen LogP contribution in [0.3, 0.4) is 0 Å². The van der Waals surface area contributed by atoms with Gasteiger partial charge in [-0.25, -0.2) is 0 Å². The number of aliphatic hydroxyl groups excluding tert-OH is 1. The molecule has 0 saturated heterocycles.